The maximum absolute atomic E-state index is 12.8. The quantitative estimate of drug-likeness (QED) is 0.830. The molecule has 0 unspecified atom stereocenters. The minimum absolute atomic E-state index is 0.116. The summed E-state index contributed by atoms with van der Waals surface area (Å²) in [6.45, 7) is 7.96. The van der Waals surface area contributed by atoms with Gasteiger partial charge in [-0.15, -0.1) is 0 Å². The second kappa shape index (κ2) is 6.66. The van der Waals surface area contributed by atoms with E-state index in [1.807, 2.05) is 33.8 Å². The highest BCUT2D eigenvalue weighted by Gasteiger charge is 2.19. The predicted octanol–water partition coefficient (Wildman–Crippen LogP) is 4.74. The topological polar surface area (TPSA) is 61.1 Å². The van der Waals surface area contributed by atoms with Crippen LogP contribution in [0.2, 0.25) is 0 Å². The summed E-state index contributed by atoms with van der Waals surface area (Å²) in [5.41, 5.74) is 3.04. The zero-order chi connectivity index (χ0) is 17.1. The van der Waals surface area contributed by atoms with Gasteiger partial charge < -0.3 is 5.11 Å². The van der Waals surface area contributed by atoms with Gasteiger partial charge in [0, 0.05) is 11.1 Å². The van der Waals surface area contributed by atoms with E-state index in [0.29, 0.717) is 16.7 Å². The van der Waals surface area contributed by atoms with Crippen molar-refractivity contribution >= 4 is 5.78 Å². The van der Waals surface area contributed by atoms with Gasteiger partial charge in [0.25, 0.3) is 0 Å². The third-order valence-corrected chi connectivity index (χ3v) is 3.93. The summed E-state index contributed by atoms with van der Waals surface area (Å²) in [5, 5.41) is 19.4. The van der Waals surface area contributed by atoms with Crippen molar-refractivity contribution in [3.8, 4) is 11.8 Å². The van der Waals surface area contributed by atoms with Gasteiger partial charge in [-0.3, -0.25) is 4.79 Å². The van der Waals surface area contributed by atoms with Crippen molar-refractivity contribution in [2.75, 3.05) is 0 Å². The molecule has 0 fully saturated rings. The monoisotopic (exact) mass is 307 g/mol. The van der Waals surface area contributed by atoms with E-state index in [1.165, 1.54) is 0 Å². The second-order valence-corrected chi connectivity index (χ2v) is 6.33. The van der Waals surface area contributed by atoms with Crippen molar-refractivity contribution in [2.24, 2.45) is 0 Å². The summed E-state index contributed by atoms with van der Waals surface area (Å²) in [4.78, 5) is 12.8. The van der Waals surface area contributed by atoms with Crippen LogP contribution in [0.4, 0.5) is 0 Å². The molecule has 0 aliphatic heterocycles. The number of phenolic OH excluding ortho intramolecular Hbond substituents is 1. The minimum Gasteiger partial charge on any atom is -0.507 e. The van der Waals surface area contributed by atoms with E-state index in [4.69, 9.17) is 5.26 Å². The first-order valence-corrected chi connectivity index (χ1v) is 7.76. The lowest BCUT2D eigenvalue weighted by atomic mass is 9.89. The fourth-order valence-electron chi connectivity index (χ4n) is 2.59. The lowest BCUT2D eigenvalue weighted by Crippen LogP contribution is -2.06. The minimum atomic E-state index is -0.133. The highest BCUT2D eigenvalue weighted by molar-refractivity contribution is 6.09. The van der Waals surface area contributed by atoms with Crippen molar-refractivity contribution in [1.82, 2.24) is 0 Å². The Morgan fingerprint density at radius 1 is 1.00 bits per heavy atom. The van der Waals surface area contributed by atoms with Crippen molar-refractivity contribution in [2.45, 2.75) is 39.5 Å². The van der Waals surface area contributed by atoms with Gasteiger partial charge in [0.05, 0.1) is 11.6 Å². The number of nitrogens with zero attached hydrogens (tertiary/aromatic N) is 1. The first-order chi connectivity index (χ1) is 10.8. The van der Waals surface area contributed by atoms with Crippen LogP contribution < -0.4 is 0 Å². The first-order valence-electron chi connectivity index (χ1n) is 7.76. The average molecular weight is 307 g/mol. The molecule has 2 aromatic rings. The molecule has 0 spiro atoms. The van der Waals surface area contributed by atoms with E-state index in [0.717, 1.165) is 11.1 Å². The molecular weight excluding hydrogens is 286 g/mol. The van der Waals surface area contributed by atoms with Gasteiger partial charge in [-0.2, -0.15) is 5.26 Å². The van der Waals surface area contributed by atoms with Gasteiger partial charge in [-0.1, -0.05) is 39.8 Å². The zero-order valence-corrected chi connectivity index (χ0v) is 13.9. The van der Waals surface area contributed by atoms with Crippen molar-refractivity contribution in [3.05, 3.63) is 64.2 Å². The van der Waals surface area contributed by atoms with Crippen molar-refractivity contribution in [3.63, 3.8) is 0 Å². The number of aromatic hydroxyl groups is 1. The van der Waals surface area contributed by atoms with E-state index >= 15 is 0 Å². The molecule has 3 nitrogen and oxygen atoms in total. The van der Waals surface area contributed by atoms with Gasteiger partial charge >= 0.3 is 0 Å². The molecule has 0 saturated heterocycles. The van der Waals surface area contributed by atoms with Crippen LogP contribution >= 0.6 is 0 Å². The SMILES string of the molecule is CC(C)c1cc(C(=O)c2cccc(C#N)c2)cc(C(C)C)c1O. The van der Waals surface area contributed by atoms with Crippen LogP contribution in [0.1, 0.15) is 72.1 Å². The fraction of sp³-hybridized carbons (Fsp3) is 0.300. The summed E-state index contributed by atoms with van der Waals surface area (Å²) in [7, 11) is 0. The lowest BCUT2D eigenvalue weighted by molar-refractivity contribution is 0.103. The fourth-order valence-corrected chi connectivity index (χ4v) is 2.59. The van der Waals surface area contributed by atoms with Crippen molar-refractivity contribution < 1.29 is 9.90 Å². The molecule has 0 saturated carbocycles. The molecule has 0 bridgehead atoms. The standard InChI is InChI=1S/C20H21NO2/c1-12(2)17-9-16(10-18(13(3)4)20(17)23)19(22)15-7-5-6-14(8-15)11-21/h5-10,12-13,23H,1-4H3. The molecule has 23 heavy (non-hydrogen) atoms. The molecule has 118 valence electrons. The zero-order valence-electron chi connectivity index (χ0n) is 13.9. The van der Waals surface area contributed by atoms with E-state index in [2.05, 4.69) is 0 Å². The van der Waals surface area contributed by atoms with Gasteiger partial charge in [0.15, 0.2) is 5.78 Å². The van der Waals surface area contributed by atoms with Crippen LogP contribution in [0.5, 0.6) is 5.75 Å². The third kappa shape index (κ3) is 3.43. The Morgan fingerprint density at radius 3 is 2.04 bits per heavy atom. The Kier molecular flexibility index (Phi) is 4.86. The Labute approximate surface area is 137 Å². The summed E-state index contributed by atoms with van der Waals surface area (Å²) in [6, 6.07) is 12.2. The molecule has 0 heterocycles. The van der Waals surface area contributed by atoms with Crippen LogP contribution in [0.3, 0.4) is 0 Å². The lowest BCUT2D eigenvalue weighted by Gasteiger charge is -2.17. The van der Waals surface area contributed by atoms with E-state index in [1.54, 1.807) is 36.4 Å². The number of ketones is 1. The Morgan fingerprint density at radius 2 is 1.57 bits per heavy atom. The molecule has 1 N–H and O–H groups in total. The number of rotatable bonds is 4. The largest absolute Gasteiger partial charge is 0.507 e. The summed E-state index contributed by atoms with van der Waals surface area (Å²) >= 11 is 0. The molecule has 0 atom stereocenters. The van der Waals surface area contributed by atoms with Gasteiger partial charge in [-0.25, -0.2) is 0 Å². The Hall–Kier alpha value is -2.60. The maximum Gasteiger partial charge on any atom is 0.193 e. The normalized spacial score (nSPS) is 10.8. The average Bonchev–Trinajstić information content (AvgIpc) is 2.53. The van der Waals surface area contributed by atoms with Crippen LogP contribution in [0.15, 0.2) is 36.4 Å². The van der Waals surface area contributed by atoms with E-state index in [-0.39, 0.29) is 23.4 Å². The number of hydrogen-bond acceptors (Lipinski definition) is 3. The van der Waals surface area contributed by atoms with Gasteiger partial charge in [0.1, 0.15) is 5.75 Å². The van der Waals surface area contributed by atoms with Crippen molar-refractivity contribution in [1.29, 1.82) is 5.26 Å². The first kappa shape index (κ1) is 16.8. The molecule has 0 aliphatic carbocycles. The van der Waals surface area contributed by atoms with Crippen LogP contribution in [-0.2, 0) is 0 Å². The summed E-state index contributed by atoms with van der Waals surface area (Å²) in [6.07, 6.45) is 0. The molecule has 0 amide bonds. The highest BCUT2D eigenvalue weighted by atomic mass is 16.3. The molecule has 0 radical (unpaired) electrons. The maximum atomic E-state index is 12.8. The van der Waals surface area contributed by atoms with Gasteiger partial charge in [0.2, 0.25) is 0 Å². The van der Waals surface area contributed by atoms with Crippen LogP contribution in [0, 0.1) is 11.3 Å². The highest BCUT2D eigenvalue weighted by Crippen LogP contribution is 2.35. The molecule has 0 aliphatic rings. The molecule has 2 rings (SSSR count). The summed E-state index contributed by atoms with van der Waals surface area (Å²) in [5.74, 6) is 0.375. The Balaban J connectivity index is 2.58. The number of phenols is 1. The summed E-state index contributed by atoms with van der Waals surface area (Å²) < 4.78 is 0. The smallest absolute Gasteiger partial charge is 0.193 e. The van der Waals surface area contributed by atoms with E-state index in [9.17, 15) is 9.90 Å². The molecular formula is C20H21NO2. The number of carbonyl (C=O) groups excluding carboxylic acids is 1. The molecule has 0 aromatic heterocycles. The second-order valence-electron chi connectivity index (χ2n) is 6.33. The molecule has 3 heteroatoms. The third-order valence-electron chi connectivity index (χ3n) is 3.93. The number of benzene rings is 2. The Bertz CT molecular complexity index is 753. The molecule has 2 aromatic carbocycles. The number of hydrogen-bond donors (Lipinski definition) is 1. The number of nitriles is 1. The van der Waals surface area contributed by atoms with Crippen LogP contribution in [-0.4, -0.2) is 10.9 Å². The number of carbonyl (C=O) groups is 1. The predicted molar refractivity (Wildman–Crippen MR) is 90.9 cm³/mol. The van der Waals surface area contributed by atoms with Gasteiger partial charge in [-0.05, 0) is 47.2 Å². The van der Waals surface area contributed by atoms with Crippen LogP contribution in [0.25, 0.3) is 0 Å². The van der Waals surface area contributed by atoms with E-state index < -0.39 is 0 Å².